The van der Waals surface area contributed by atoms with Gasteiger partial charge >= 0.3 is 0 Å². The highest BCUT2D eigenvalue weighted by atomic mass is 32.2. The Balaban J connectivity index is 2.06. The monoisotopic (exact) mass is 256 g/mol. The predicted molar refractivity (Wildman–Crippen MR) is 77.8 cm³/mol. The van der Waals surface area contributed by atoms with Crippen molar-refractivity contribution in [3.8, 4) is 0 Å². The van der Waals surface area contributed by atoms with Gasteiger partial charge in [0.05, 0.1) is 0 Å². The lowest BCUT2D eigenvalue weighted by atomic mass is 9.90. The number of hydrogen-bond acceptors (Lipinski definition) is 3. The minimum atomic E-state index is 0.288. The lowest BCUT2D eigenvalue weighted by molar-refractivity contribution is 0.0285. The van der Waals surface area contributed by atoms with Gasteiger partial charge in [-0.3, -0.25) is 4.90 Å². The van der Waals surface area contributed by atoms with Crippen LogP contribution in [0.25, 0.3) is 0 Å². The fourth-order valence-corrected chi connectivity index (χ4v) is 4.24. The highest BCUT2D eigenvalue weighted by Gasteiger charge is 2.37. The van der Waals surface area contributed by atoms with Crippen LogP contribution in [0.3, 0.4) is 0 Å². The van der Waals surface area contributed by atoms with Crippen LogP contribution in [0.5, 0.6) is 0 Å². The molecule has 2 aliphatic heterocycles. The van der Waals surface area contributed by atoms with Gasteiger partial charge in [0.2, 0.25) is 0 Å². The van der Waals surface area contributed by atoms with E-state index in [1.165, 1.54) is 30.9 Å². The molecule has 0 saturated carbocycles. The molecule has 0 amide bonds. The summed E-state index contributed by atoms with van der Waals surface area (Å²) in [6.07, 6.45) is 2.79. The van der Waals surface area contributed by atoms with Gasteiger partial charge in [0.15, 0.2) is 0 Å². The molecule has 0 radical (unpaired) electrons. The van der Waals surface area contributed by atoms with Gasteiger partial charge in [-0.15, -0.1) is 0 Å². The summed E-state index contributed by atoms with van der Waals surface area (Å²) in [4.78, 5) is 2.82. The van der Waals surface area contributed by atoms with Crippen LogP contribution in [-0.2, 0) is 0 Å². The lowest BCUT2D eigenvalue weighted by Gasteiger charge is -2.50. The predicted octanol–water partition coefficient (Wildman–Crippen LogP) is 2.59. The first-order valence-corrected chi connectivity index (χ1v) is 8.23. The second kappa shape index (κ2) is 5.50. The zero-order chi connectivity index (χ0) is 12.5. The number of rotatable bonds is 2. The first-order chi connectivity index (χ1) is 7.99. The summed E-state index contributed by atoms with van der Waals surface area (Å²) in [5.41, 5.74) is 0.288. The second-order valence-corrected chi connectivity index (χ2v) is 7.82. The molecule has 0 aliphatic carbocycles. The maximum atomic E-state index is 3.71. The van der Waals surface area contributed by atoms with Crippen LogP contribution >= 0.6 is 11.8 Å². The van der Waals surface area contributed by atoms with Crippen LogP contribution in [0.4, 0.5) is 0 Å². The van der Waals surface area contributed by atoms with E-state index >= 15 is 0 Å². The largest absolute Gasteiger partial charge is 0.309 e. The molecule has 0 aromatic carbocycles. The van der Waals surface area contributed by atoms with E-state index in [0.717, 1.165) is 24.5 Å². The lowest BCUT2D eigenvalue weighted by Crippen LogP contribution is -2.65. The summed E-state index contributed by atoms with van der Waals surface area (Å²) in [6.45, 7) is 11.8. The van der Waals surface area contributed by atoms with Crippen molar-refractivity contribution in [2.45, 2.75) is 58.2 Å². The van der Waals surface area contributed by atoms with Gasteiger partial charge in [-0.25, -0.2) is 0 Å². The number of piperazine rings is 1. The molecule has 0 bridgehead atoms. The van der Waals surface area contributed by atoms with Crippen LogP contribution in [0, 0.1) is 5.92 Å². The molecule has 2 fully saturated rings. The average molecular weight is 256 g/mol. The van der Waals surface area contributed by atoms with Crippen molar-refractivity contribution in [1.29, 1.82) is 0 Å². The molecule has 2 saturated heterocycles. The van der Waals surface area contributed by atoms with E-state index in [9.17, 15) is 0 Å². The second-order valence-electron chi connectivity index (χ2n) is 6.59. The Hall–Kier alpha value is 0.270. The average Bonchev–Trinajstić information content (AvgIpc) is 2.28. The SMILES string of the molecule is CC(C)C1CNC(C)(C)CN1C1CCSCC1. The zero-order valence-corrected chi connectivity index (χ0v) is 12.6. The molecule has 0 aromatic rings. The normalized spacial score (nSPS) is 31.9. The van der Waals surface area contributed by atoms with E-state index in [1.54, 1.807) is 0 Å². The van der Waals surface area contributed by atoms with E-state index in [2.05, 4.69) is 49.7 Å². The Morgan fingerprint density at radius 3 is 2.47 bits per heavy atom. The Kier molecular flexibility index (Phi) is 4.43. The van der Waals surface area contributed by atoms with Gasteiger partial charge < -0.3 is 5.32 Å². The Labute approximate surface area is 111 Å². The molecule has 17 heavy (non-hydrogen) atoms. The van der Waals surface area contributed by atoms with E-state index in [-0.39, 0.29) is 5.54 Å². The first kappa shape index (κ1) is 13.7. The van der Waals surface area contributed by atoms with E-state index < -0.39 is 0 Å². The summed E-state index contributed by atoms with van der Waals surface area (Å²) in [6, 6.07) is 1.57. The van der Waals surface area contributed by atoms with Crippen LogP contribution in [0.15, 0.2) is 0 Å². The van der Waals surface area contributed by atoms with Crippen LogP contribution < -0.4 is 5.32 Å². The van der Waals surface area contributed by atoms with Crippen molar-refractivity contribution < 1.29 is 0 Å². The van der Waals surface area contributed by atoms with Gasteiger partial charge in [-0.1, -0.05) is 13.8 Å². The third-order valence-corrected chi connectivity index (χ3v) is 5.27. The summed E-state index contributed by atoms with van der Waals surface area (Å²) < 4.78 is 0. The number of nitrogens with zero attached hydrogens (tertiary/aromatic N) is 1. The first-order valence-electron chi connectivity index (χ1n) is 7.08. The Morgan fingerprint density at radius 1 is 1.24 bits per heavy atom. The molecule has 0 spiro atoms. The van der Waals surface area contributed by atoms with Crippen molar-refractivity contribution >= 4 is 11.8 Å². The summed E-state index contributed by atoms with van der Waals surface area (Å²) in [5, 5.41) is 3.71. The standard InChI is InChI=1S/C14H28N2S/c1-11(2)13-9-15-14(3,4)10-16(13)12-5-7-17-8-6-12/h11-13,15H,5-10H2,1-4H3. The molecule has 2 aliphatic rings. The molecule has 2 nitrogen and oxygen atoms in total. The van der Waals surface area contributed by atoms with Crippen molar-refractivity contribution in [3.05, 3.63) is 0 Å². The third kappa shape index (κ3) is 3.39. The zero-order valence-electron chi connectivity index (χ0n) is 11.8. The minimum absolute atomic E-state index is 0.288. The van der Waals surface area contributed by atoms with Crippen molar-refractivity contribution in [3.63, 3.8) is 0 Å². The molecule has 2 rings (SSSR count). The summed E-state index contributed by atoms with van der Waals surface area (Å²) >= 11 is 2.13. The number of hydrogen-bond donors (Lipinski definition) is 1. The molecule has 100 valence electrons. The van der Waals surface area contributed by atoms with Gasteiger partial charge in [-0.2, -0.15) is 11.8 Å². The molecule has 1 unspecified atom stereocenters. The van der Waals surface area contributed by atoms with Gasteiger partial charge in [0, 0.05) is 30.7 Å². The molecule has 1 N–H and O–H groups in total. The minimum Gasteiger partial charge on any atom is -0.309 e. The van der Waals surface area contributed by atoms with Crippen molar-refractivity contribution in [2.75, 3.05) is 24.6 Å². The van der Waals surface area contributed by atoms with Gasteiger partial charge in [-0.05, 0) is 44.1 Å². The molecule has 1 atom stereocenters. The third-order valence-electron chi connectivity index (χ3n) is 4.22. The van der Waals surface area contributed by atoms with Gasteiger partial charge in [0.25, 0.3) is 0 Å². The van der Waals surface area contributed by atoms with Gasteiger partial charge in [0.1, 0.15) is 0 Å². The quantitative estimate of drug-likeness (QED) is 0.817. The fourth-order valence-electron chi connectivity index (χ4n) is 3.16. The topological polar surface area (TPSA) is 15.3 Å². The molecule has 0 aromatic heterocycles. The maximum absolute atomic E-state index is 3.71. The maximum Gasteiger partial charge on any atom is 0.0253 e. The molecule has 3 heteroatoms. The fraction of sp³-hybridized carbons (Fsp3) is 1.00. The van der Waals surface area contributed by atoms with E-state index in [4.69, 9.17) is 0 Å². The van der Waals surface area contributed by atoms with Crippen LogP contribution in [-0.4, -0.2) is 47.1 Å². The smallest absolute Gasteiger partial charge is 0.0253 e. The molecular formula is C14H28N2S. The summed E-state index contributed by atoms with van der Waals surface area (Å²) in [7, 11) is 0. The number of nitrogens with one attached hydrogen (secondary N) is 1. The highest BCUT2D eigenvalue weighted by molar-refractivity contribution is 7.99. The van der Waals surface area contributed by atoms with Crippen LogP contribution in [0.2, 0.25) is 0 Å². The van der Waals surface area contributed by atoms with E-state index in [0.29, 0.717) is 0 Å². The van der Waals surface area contributed by atoms with Crippen molar-refractivity contribution in [1.82, 2.24) is 10.2 Å². The van der Waals surface area contributed by atoms with E-state index in [1.807, 2.05) is 0 Å². The Morgan fingerprint density at radius 2 is 1.88 bits per heavy atom. The highest BCUT2D eigenvalue weighted by Crippen LogP contribution is 2.29. The Bertz CT molecular complexity index is 247. The molecular weight excluding hydrogens is 228 g/mol. The summed E-state index contributed by atoms with van der Waals surface area (Å²) in [5.74, 6) is 3.48. The van der Waals surface area contributed by atoms with Crippen molar-refractivity contribution in [2.24, 2.45) is 5.92 Å². The number of thioether (sulfide) groups is 1. The molecule has 2 heterocycles. The van der Waals surface area contributed by atoms with Crippen LogP contribution in [0.1, 0.15) is 40.5 Å².